The topological polar surface area (TPSA) is 36.7 Å². The minimum Gasteiger partial charge on any atom is -0.469 e. The first-order valence-corrected chi connectivity index (χ1v) is 8.67. The van der Waals surface area contributed by atoms with E-state index in [1.165, 1.54) is 4.88 Å². The summed E-state index contributed by atoms with van der Waals surface area (Å²) in [6, 6.07) is 7.79. The Morgan fingerprint density at radius 1 is 1.23 bits per heavy atom. The average Bonchev–Trinajstić information content (AvgIpc) is 3.17. The van der Waals surface area contributed by atoms with Crippen molar-refractivity contribution in [3.05, 3.63) is 45.5 Å². The number of furan rings is 1. The summed E-state index contributed by atoms with van der Waals surface area (Å²) in [6.45, 7) is 4.36. The van der Waals surface area contributed by atoms with Crippen LogP contribution in [-0.2, 0) is 17.8 Å². The maximum absolute atomic E-state index is 12.2. The van der Waals surface area contributed by atoms with Crippen molar-refractivity contribution in [3.63, 3.8) is 0 Å². The fourth-order valence-corrected chi connectivity index (χ4v) is 3.79. The van der Waals surface area contributed by atoms with E-state index in [9.17, 15) is 4.79 Å². The summed E-state index contributed by atoms with van der Waals surface area (Å²) < 4.78 is 6.10. The van der Waals surface area contributed by atoms with Crippen LogP contribution in [0.3, 0.4) is 0 Å². The first-order valence-electron chi connectivity index (χ1n) is 7.47. The van der Waals surface area contributed by atoms with E-state index in [1.54, 1.807) is 17.6 Å². The van der Waals surface area contributed by atoms with Crippen LogP contribution in [0.4, 0.5) is 0 Å². The van der Waals surface area contributed by atoms with Gasteiger partial charge in [-0.15, -0.1) is 11.3 Å². The van der Waals surface area contributed by atoms with E-state index in [4.69, 9.17) is 16.0 Å². The van der Waals surface area contributed by atoms with Crippen LogP contribution in [0.2, 0.25) is 4.34 Å². The third kappa shape index (κ3) is 4.12. The van der Waals surface area contributed by atoms with Crippen molar-refractivity contribution in [1.82, 2.24) is 9.80 Å². The quantitative estimate of drug-likeness (QED) is 0.839. The predicted octanol–water partition coefficient (Wildman–Crippen LogP) is 3.27. The highest BCUT2D eigenvalue weighted by Crippen LogP contribution is 2.23. The van der Waals surface area contributed by atoms with Gasteiger partial charge in [0, 0.05) is 50.4 Å². The molecule has 6 heteroatoms. The van der Waals surface area contributed by atoms with Crippen LogP contribution in [0.15, 0.2) is 34.9 Å². The second-order valence-electron chi connectivity index (χ2n) is 5.44. The van der Waals surface area contributed by atoms with Crippen molar-refractivity contribution in [2.24, 2.45) is 0 Å². The highest BCUT2D eigenvalue weighted by molar-refractivity contribution is 7.16. The number of amides is 1. The number of carbonyl (C=O) groups is 1. The van der Waals surface area contributed by atoms with Crippen molar-refractivity contribution in [1.29, 1.82) is 0 Å². The standard InChI is InChI=1S/C16H19ClN2O2S/c17-15-5-4-14(22-15)12-18-7-9-19(10-8-18)16(20)6-3-13-2-1-11-21-13/h1-2,4-5,11H,3,6-10,12H2. The highest BCUT2D eigenvalue weighted by Gasteiger charge is 2.21. The minimum atomic E-state index is 0.218. The summed E-state index contributed by atoms with van der Waals surface area (Å²) in [4.78, 5) is 17.8. The van der Waals surface area contributed by atoms with Gasteiger partial charge in [0.15, 0.2) is 0 Å². The zero-order chi connectivity index (χ0) is 15.4. The highest BCUT2D eigenvalue weighted by atomic mass is 35.5. The molecule has 0 saturated carbocycles. The molecule has 2 aromatic rings. The molecule has 0 spiro atoms. The molecule has 1 fully saturated rings. The lowest BCUT2D eigenvalue weighted by Crippen LogP contribution is -2.48. The van der Waals surface area contributed by atoms with Gasteiger partial charge >= 0.3 is 0 Å². The Morgan fingerprint density at radius 3 is 2.68 bits per heavy atom. The Balaban J connectivity index is 1.42. The first-order chi connectivity index (χ1) is 10.7. The molecule has 0 radical (unpaired) electrons. The van der Waals surface area contributed by atoms with E-state index in [2.05, 4.69) is 11.0 Å². The number of nitrogens with zero attached hydrogens (tertiary/aromatic N) is 2. The number of hydrogen-bond acceptors (Lipinski definition) is 4. The largest absolute Gasteiger partial charge is 0.469 e. The Morgan fingerprint density at radius 2 is 2.05 bits per heavy atom. The molecule has 0 atom stereocenters. The smallest absolute Gasteiger partial charge is 0.223 e. The molecule has 3 heterocycles. The molecular weight excluding hydrogens is 320 g/mol. The lowest BCUT2D eigenvalue weighted by Gasteiger charge is -2.34. The maximum Gasteiger partial charge on any atom is 0.223 e. The van der Waals surface area contributed by atoms with Crippen molar-refractivity contribution in [2.75, 3.05) is 26.2 Å². The van der Waals surface area contributed by atoms with Gasteiger partial charge in [-0.3, -0.25) is 9.69 Å². The molecule has 0 aromatic carbocycles. The van der Waals surface area contributed by atoms with Gasteiger partial charge in [0.2, 0.25) is 5.91 Å². The molecule has 0 bridgehead atoms. The molecule has 2 aromatic heterocycles. The summed E-state index contributed by atoms with van der Waals surface area (Å²) in [5, 5.41) is 0. The van der Waals surface area contributed by atoms with Crippen LogP contribution in [0.5, 0.6) is 0 Å². The minimum absolute atomic E-state index is 0.218. The molecule has 0 aliphatic carbocycles. The molecular formula is C16H19ClN2O2S. The summed E-state index contributed by atoms with van der Waals surface area (Å²) in [6.07, 6.45) is 2.85. The number of carbonyl (C=O) groups excluding carboxylic acids is 1. The Labute approximate surface area is 139 Å². The summed E-state index contributed by atoms with van der Waals surface area (Å²) in [7, 11) is 0. The maximum atomic E-state index is 12.2. The fraction of sp³-hybridized carbons (Fsp3) is 0.438. The summed E-state index contributed by atoms with van der Waals surface area (Å²) in [5.41, 5.74) is 0. The molecule has 0 unspecified atom stereocenters. The van der Waals surface area contributed by atoms with Crippen LogP contribution in [0.1, 0.15) is 17.1 Å². The molecule has 118 valence electrons. The van der Waals surface area contributed by atoms with E-state index in [1.807, 2.05) is 23.1 Å². The Kier molecular flexibility index (Phi) is 5.18. The van der Waals surface area contributed by atoms with Gasteiger partial charge in [-0.2, -0.15) is 0 Å². The number of rotatable bonds is 5. The lowest BCUT2D eigenvalue weighted by molar-refractivity contribution is -0.133. The van der Waals surface area contributed by atoms with Gasteiger partial charge in [0.25, 0.3) is 0 Å². The zero-order valence-corrected chi connectivity index (χ0v) is 13.9. The molecule has 1 aliphatic heterocycles. The third-order valence-corrected chi connectivity index (χ3v) is 5.11. The van der Waals surface area contributed by atoms with Crippen molar-refractivity contribution < 1.29 is 9.21 Å². The molecule has 1 aliphatic rings. The first kappa shape index (κ1) is 15.6. The van der Waals surface area contributed by atoms with E-state index < -0.39 is 0 Å². The van der Waals surface area contributed by atoms with Gasteiger partial charge in [0.05, 0.1) is 10.6 Å². The number of thiophene rings is 1. The van der Waals surface area contributed by atoms with E-state index in [0.29, 0.717) is 12.8 Å². The number of hydrogen-bond donors (Lipinski definition) is 0. The second kappa shape index (κ2) is 7.31. The lowest BCUT2D eigenvalue weighted by atomic mass is 10.2. The molecule has 1 amide bonds. The molecule has 22 heavy (non-hydrogen) atoms. The van der Waals surface area contributed by atoms with Crippen molar-refractivity contribution in [2.45, 2.75) is 19.4 Å². The van der Waals surface area contributed by atoms with Crippen LogP contribution >= 0.6 is 22.9 Å². The molecule has 1 saturated heterocycles. The number of piperazine rings is 1. The molecule has 4 nitrogen and oxygen atoms in total. The fourth-order valence-electron chi connectivity index (χ4n) is 2.66. The SMILES string of the molecule is O=C(CCc1ccco1)N1CCN(Cc2ccc(Cl)s2)CC1. The molecule has 0 N–H and O–H groups in total. The second-order valence-corrected chi connectivity index (χ2v) is 7.24. The van der Waals surface area contributed by atoms with Gasteiger partial charge < -0.3 is 9.32 Å². The Hall–Kier alpha value is -1.30. The van der Waals surface area contributed by atoms with Crippen molar-refractivity contribution >= 4 is 28.8 Å². The number of halogens is 1. The van der Waals surface area contributed by atoms with E-state index in [-0.39, 0.29) is 5.91 Å². The van der Waals surface area contributed by atoms with Gasteiger partial charge in [0.1, 0.15) is 5.76 Å². The third-order valence-electron chi connectivity index (χ3n) is 3.90. The zero-order valence-electron chi connectivity index (χ0n) is 12.3. The van der Waals surface area contributed by atoms with E-state index in [0.717, 1.165) is 42.8 Å². The van der Waals surface area contributed by atoms with Gasteiger partial charge in [-0.25, -0.2) is 0 Å². The predicted molar refractivity (Wildman–Crippen MR) is 88.2 cm³/mol. The van der Waals surface area contributed by atoms with Crippen LogP contribution < -0.4 is 0 Å². The van der Waals surface area contributed by atoms with Crippen LogP contribution in [-0.4, -0.2) is 41.9 Å². The Bertz CT molecular complexity index is 603. The molecule has 3 rings (SSSR count). The van der Waals surface area contributed by atoms with Gasteiger partial charge in [-0.1, -0.05) is 11.6 Å². The average molecular weight is 339 g/mol. The normalized spacial score (nSPS) is 16.1. The van der Waals surface area contributed by atoms with Crippen LogP contribution in [0.25, 0.3) is 0 Å². The summed E-state index contributed by atoms with van der Waals surface area (Å²) >= 11 is 7.59. The monoisotopic (exact) mass is 338 g/mol. The van der Waals surface area contributed by atoms with E-state index >= 15 is 0 Å². The van der Waals surface area contributed by atoms with Crippen LogP contribution in [0, 0.1) is 0 Å². The van der Waals surface area contributed by atoms with Crippen molar-refractivity contribution in [3.8, 4) is 0 Å². The number of aryl methyl sites for hydroxylation is 1. The summed E-state index contributed by atoms with van der Waals surface area (Å²) in [5.74, 6) is 1.09. The van der Waals surface area contributed by atoms with Gasteiger partial charge in [-0.05, 0) is 24.3 Å².